The maximum absolute atomic E-state index is 13.2. The van der Waals surface area contributed by atoms with Crippen LogP contribution in [0, 0.1) is 11.3 Å². The Morgan fingerprint density at radius 1 is 1.07 bits per heavy atom. The summed E-state index contributed by atoms with van der Waals surface area (Å²) in [5.41, 5.74) is 1.29. The fraction of sp³-hybridized carbons (Fsp3) is 0.227. The summed E-state index contributed by atoms with van der Waals surface area (Å²) < 4.78 is 27.9. The van der Waals surface area contributed by atoms with Gasteiger partial charge in [-0.25, -0.2) is 8.42 Å². The molecule has 0 atom stereocenters. The van der Waals surface area contributed by atoms with E-state index < -0.39 is 10.0 Å². The number of piperazine rings is 1. The van der Waals surface area contributed by atoms with Crippen molar-refractivity contribution in [3.05, 3.63) is 72.1 Å². The van der Waals surface area contributed by atoms with Gasteiger partial charge in [0.25, 0.3) is 0 Å². The van der Waals surface area contributed by atoms with E-state index in [9.17, 15) is 13.2 Å². The molecule has 7 nitrogen and oxygen atoms in total. The minimum absolute atomic E-state index is 0.0710. The molecule has 0 bridgehead atoms. The van der Waals surface area contributed by atoms with Crippen LogP contribution in [0.2, 0.25) is 0 Å². The average molecular weight is 420 g/mol. The number of pyridine rings is 1. The summed E-state index contributed by atoms with van der Waals surface area (Å²) in [5, 5.41) is 10.4. The summed E-state index contributed by atoms with van der Waals surface area (Å²) in [6, 6.07) is 15.9. The van der Waals surface area contributed by atoms with Crippen LogP contribution in [0.1, 0.15) is 11.1 Å². The van der Waals surface area contributed by atoms with Crippen molar-refractivity contribution in [2.24, 2.45) is 0 Å². The zero-order valence-electron chi connectivity index (χ0n) is 16.2. The van der Waals surface area contributed by atoms with E-state index in [1.165, 1.54) is 4.31 Å². The van der Waals surface area contributed by atoms with Gasteiger partial charge in [-0.05, 0) is 29.8 Å². The second-order valence-corrected chi connectivity index (χ2v) is 9.03. The van der Waals surface area contributed by atoms with Crippen molar-refractivity contribution < 1.29 is 13.2 Å². The van der Waals surface area contributed by atoms with Gasteiger partial charge in [-0.3, -0.25) is 9.78 Å². The maximum atomic E-state index is 13.2. The van der Waals surface area contributed by atoms with Gasteiger partial charge in [-0.2, -0.15) is 9.57 Å². The maximum Gasteiger partial charge on any atom is 0.243 e. The first-order valence-corrected chi connectivity index (χ1v) is 11.0. The summed E-state index contributed by atoms with van der Waals surface area (Å²) >= 11 is 0. The minimum Gasteiger partial charge on any atom is -0.340 e. The van der Waals surface area contributed by atoms with Crippen molar-refractivity contribution >= 4 is 26.7 Å². The highest BCUT2D eigenvalue weighted by Crippen LogP contribution is 2.26. The molecule has 0 aliphatic carbocycles. The van der Waals surface area contributed by atoms with Gasteiger partial charge >= 0.3 is 0 Å². The van der Waals surface area contributed by atoms with E-state index in [-0.39, 0.29) is 30.3 Å². The molecular weight excluding hydrogens is 400 g/mol. The van der Waals surface area contributed by atoms with Crippen LogP contribution in [0.3, 0.4) is 0 Å². The molecule has 1 aliphatic rings. The molecule has 1 aromatic heterocycles. The Morgan fingerprint density at radius 2 is 1.83 bits per heavy atom. The Kier molecular flexibility index (Phi) is 5.48. The number of aromatic nitrogens is 1. The van der Waals surface area contributed by atoms with Crippen LogP contribution < -0.4 is 0 Å². The SMILES string of the molecule is N#Cc1cccc(CC(=O)N2CCN(S(=O)(=O)c3cccc4cnccc34)CC2)c1. The third kappa shape index (κ3) is 3.90. The van der Waals surface area contributed by atoms with Gasteiger partial charge in [0.2, 0.25) is 15.9 Å². The topological polar surface area (TPSA) is 94.4 Å². The molecule has 152 valence electrons. The minimum atomic E-state index is -3.67. The molecule has 4 rings (SSSR count). The molecule has 0 radical (unpaired) electrons. The summed E-state index contributed by atoms with van der Waals surface area (Å²) in [5.74, 6) is -0.0710. The Hall–Kier alpha value is -3.28. The summed E-state index contributed by atoms with van der Waals surface area (Å²) in [6.45, 7) is 1.16. The van der Waals surface area contributed by atoms with Gasteiger partial charge in [0.1, 0.15) is 0 Å². The van der Waals surface area contributed by atoms with Crippen molar-refractivity contribution in [3.63, 3.8) is 0 Å². The Labute approximate surface area is 175 Å². The molecule has 0 unspecified atom stereocenters. The fourth-order valence-corrected chi connectivity index (χ4v) is 5.31. The molecule has 2 heterocycles. The number of carbonyl (C=O) groups excluding carboxylic acids is 1. The zero-order valence-corrected chi connectivity index (χ0v) is 17.0. The van der Waals surface area contributed by atoms with Crippen LogP contribution in [0.5, 0.6) is 0 Å². The first-order chi connectivity index (χ1) is 14.5. The van der Waals surface area contributed by atoms with E-state index in [2.05, 4.69) is 11.1 Å². The lowest BCUT2D eigenvalue weighted by atomic mass is 10.1. The van der Waals surface area contributed by atoms with Gasteiger partial charge in [0, 0.05) is 49.3 Å². The summed E-state index contributed by atoms with van der Waals surface area (Å²) in [4.78, 5) is 18.6. The number of sulfonamides is 1. The standard InChI is InChI=1S/C22H20N4O3S/c23-15-18-4-1-3-17(13-18)14-22(27)25-9-11-26(12-10-25)30(28,29)21-6-2-5-19-16-24-8-7-20(19)21/h1-8,13,16H,9-12,14H2. The van der Waals surface area contributed by atoms with E-state index in [0.717, 1.165) is 10.9 Å². The van der Waals surface area contributed by atoms with Crippen LogP contribution in [0.15, 0.2) is 65.8 Å². The van der Waals surface area contributed by atoms with Crippen molar-refractivity contribution in [3.8, 4) is 6.07 Å². The van der Waals surface area contributed by atoms with Crippen molar-refractivity contribution in [2.45, 2.75) is 11.3 Å². The number of hydrogen-bond donors (Lipinski definition) is 0. The van der Waals surface area contributed by atoms with Crippen molar-refractivity contribution in [1.29, 1.82) is 5.26 Å². The Balaban J connectivity index is 1.46. The molecule has 1 fully saturated rings. The van der Waals surface area contributed by atoms with E-state index >= 15 is 0 Å². The Morgan fingerprint density at radius 3 is 2.60 bits per heavy atom. The van der Waals surface area contributed by atoms with Crippen molar-refractivity contribution in [2.75, 3.05) is 26.2 Å². The lowest BCUT2D eigenvalue weighted by Crippen LogP contribution is -2.50. The third-order valence-electron chi connectivity index (χ3n) is 5.26. The Bertz CT molecular complexity index is 1240. The average Bonchev–Trinajstić information content (AvgIpc) is 2.79. The molecule has 1 saturated heterocycles. The first-order valence-electron chi connectivity index (χ1n) is 9.59. The number of rotatable bonds is 4. The lowest BCUT2D eigenvalue weighted by Gasteiger charge is -2.34. The second-order valence-electron chi connectivity index (χ2n) is 7.13. The molecule has 1 aliphatic heterocycles. The number of amides is 1. The molecule has 0 saturated carbocycles. The van der Waals surface area contributed by atoms with E-state index in [0.29, 0.717) is 24.0 Å². The highest BCUT2D eigenvalue weighted by molar-refractivity contribution is 7.89. The quantitative estimate of drug-likeness (QED) is 0.645. The lowest BCUT2D eigenvalue weighted by molar-refractivity contribution is -0.131. The van der Waals surface area contributed by atoms with Gasteiger partial charge in [-0.15, -0.1) is 0 Å². The molecule has 2 aromatic carbocycles. The van der Waals surface area contributed by atoms with Gasteiger partial charge in [0.05, 0.1) is 22.9 Å². The number of fused-ring (bicyclic) bond motifs is 1. The molecule has 1 amide bonds. The fourth-order valence-electron chi connectivity index (χ4n) is 3.67. The molecule has 8 heteroatoms. The highest BCUT2D eigenvalue weighted by Gasteiger charge is 2.31. The molecule has 0 spiro atoms. The molecule has 30 heavy (non-hydrogen) atoms. The van der Waals surface area contributed by atoms with Gasteiger partial charge in [0.15, 0.2) is 0 Å². The van der Waals surface area contributed by atoms with E-state index in [1.54, 1.807) is 53.7 Å². The van der Waals surface area contributed by atoms with Crippen LogP contribution >= 0.6 is 0 Å². The number of hydrogen-bond acceptors (Lipinski definition) is 5. The van der Waals surface area contributed by atoms with E-state index in [1.807, 2.05) is 12.1 Å². The summed E-state index contributed by atoms with van der Waals surface area (Å²) in [6.07, 6.45) is 3.42. The predicted molar refractivity (Wildman–Crippen MR) is 112 cm³/mol. The summed E-state index contributed by atoms with van der Waals surface area (Å²) in [7, 11) is -3.67. The third-order valence-corrected chi connectivity index (χ3v) is 7.22. The molecule has 3 aromatic rings. The van der Waals surface area contributed by atoms with Gasteiger partial charge < -0.3 is 4.90 Å². The zero-order chi connectivity index (χ0) is 21.1. The largest absolute Gasteiger partial charge is 0.340 e. The van der Waals surface area contributed by atoms with Gasteiger partial charge in [-0.1, -0.05) is 24.3 Å². The molecule has 0 N–H and O–H groups in total. The number of carbonyl (C=O) groups is 1. The molecular formula is C22H20N4O3S. The highest BCUT2D eigenvalue weighted by atomic mass is 32.2. The normalized spacial score (nSPS) is 15.1. The van der Waals surface area contributed by atoms with Crippen LogP contribution in [0.4, 0.5) is 0 Å². The first kappa shape index (κ1) is 20.0. The predicted octanol–water partition coefficient (Wildman–Crippen LogP) is 2.18. The van der Waals surface area contributed by atoms with Crippen LogP contribution in [-0.4, -0.2) is 54.7 Å². The smallest absolute Gasteiger partial charge is 0.243 e. The van der Waals surface area contributed by atoms with E-state index in [4.69, 9.17) is 5.26 Å². The number of benzene rings is 2. The second kappa shape index (κ2) is 8.22. The monoisotopic (exact) mass is 420 g/mol. The number of nitrogens with zero attached hydrogens (tertiary/aromatic N) is 4. The number of nitriles is 1. The van der Waals surface area contributed by atoms with Crippen molar-refractivity contribution in [1.82, 2.24) is 14.2 Å². The van der Waals surface area contributed by atoms with Crippen LogP contribution in [-0.2, 0) is 21.2 Å². The van der Waals surface area contributed by atoms with Crippen LogP contribution in [0.25, 0.3) is 10.8 Å².